The summed E-state index contributed by atoms with van der Waals surface area (Å²) >= 11 is 5.07. The summed E-state index contributed by atoms with van der Waals surface area (Å²) in [5.74, 6) is 0. The molecule has 0 heterocycles. The third-order valence-corrected chi connectivity index (χ3v) is 1.11. The van der Waals surface area contributed by atoms with E-state index in [9.17, 15) is 4.79 Å². The average molecular weight is 158 g/mol. The van der Waals surface area contributed by atoms with Crippen molar-refractivity contribution < 1.29 is 4.79 Å². The molecule has 0 amide bonds. The first-order valence-corrected chi connectivity index (χ1v) is 2.94. The fourth-order valence-corrected chi connectivity index (χ4v) is 0.450. The number of carbonyl (C=O) groups excluding carboxylic acids is 1. The minimum atomic E-state index is -0.643. The molecule has 0 aromatic heterocycles. The molecular formula is C7H8ClNO. The Hall–Kier alpha value is -1.02. The zero-order valence-electron chi connectivity index (χ0n) is 5.43. The summed E-state index contributed by atoms with van der Waals surface area (Å²) in [5, 5.41) is -0.643. The van der Waals surface area contributed by atoms with E-state index in [4.69, 9.17) is 17.3 Å². The SMILES string of the molecule is C=C/C=C(/N)C(=C)C(=O)Cl. The Labute approximate surface area is 64.7 Å². The predicted molar refractivity (Wildman–Crippen MR) is 42.5 cm³/mol. The van der Waals surface area contributed by atoms with Crippen LogP contribution in [-0.4, -0.2) is 5.24 Å². The molecule has 0 aliphatic rings. The molecule has 0 spiro atoms. The maximum atomic E-state index is 10.4. The molecule has 0 aliphatic heterocycles. The molecule has 0 atom stereocenters. The van der Waals surface area contributed by atoms with Gasteiger partial charge in [0, 0.05) is 11.3 Å². The molecule has 0 saturated carbocycles. The standard InChI is InChI=1S/C7H8ClNO/c1-3-4-6(9)5(2)7(8)10/h3-4H,1-2,9H2/b6-4+. The Morgan fingerprint density at radius 2 is 2.10 bits per heavy atom. The van der Waals surface area contributed by atoms with E-state index in [1.54, 1.807) is 0 Å². The van der Waals surface area contributed by atoms with Gasteiger partial charge in [0.05, 0.1) is 0 Å². The van der Waals surface area contributed by atoms with Crippen molar-refractivity contribution in [1.29, 1.82) is 0 Å². The fourth-order valence-electron chi connectivity index (χ4n) is 0.341. The number of hydrogen-bond acceptors (Lipinski definition) is 2. The van der Waals surface area contributed by atoms with E-state index in [0.29, 0.717) is 0 Å². The van der Waals surface area contributed by atoms with Crippen LogP contribution in [0.5, 0.6) is 0 Å². The van der Waals surface area contributed by atoms with Gasteiger partial charge in [0.2, 0.25) is 0 Å². The smallest absolute Gasteiger partial charge is 0.253 e. The van der Waals surface area contributed by atoms with Crippen LogP contribution in [0.1, 0.15) is 0 Å². The lowest BCUT2D eigenvalue weighted by molar-refractivity contribution is -0.108. The summed E-state index contributed by atoms with van der Waals surface area (Å²) in [7, 11) is 0. The van der Waals surface area contributed by atoms with Crippen molar-refractivity contribution in [3.8, 4) is 0 Å². The first kappa shape index (κ1) is 8.98. The minimum absolute atomic E-state index is 0.0987. The second kappa shape index (κ2) is 3.90. The lowest BCUT2D eigenvalue weighted by Gasteiger charge is -1.96. The van der Waals surface area contributed by atoms with E-state index in [2.05, 4.69) is 13.2 Å². The van der Waals surface area contributed by atoms with Crippen molar-refractivity contribution in [3.63, 3.8) is 0 Å². The van der Waals surface area contributed by atoms with E-state index in [0.717, 1.165) is 0 Å². The largest absolute Gasteiger partial charge is 0.398 e. The van der Waals surface area contributed by atoms with Gasteiger partial charge in [-0.1, -0.05) is 19.2 Å². The van der Waals surface area contributed by atoms with Crippen LogP contribution in [0.2, 0.25) is 0 Å². The summed E-state index contributed by atoms with van der Waals surface area (Å²) in [6.07, 6.45) is 2.92. The van der Waals surface area contributed by atoms with Crippen LogP contribution in [0.4, 0.5) is 0 Å². The lowest BCUT2D eigenvalue weighted by Crippen LogP contribution is -2.04. The second-order valence-electron chi connectivity index (χ2n) is 1.61. The van der Waals surface area contributed by atoms with Crippen LogP contribution in [0.15, 0.2) is 36.6 Å². The van der Waals surface area contributed by atoms with Crippen LogP contribution in [0.25, 0.3) is 0 Å². The van der Waals surface area contributed by atoms with Crippen molar-refractivity contribution in [2.24, 2.45) is 5.73 Å². The minimum Gasteiger partial charge on any atom is -0.398 e. The molecule has 2 nitrogen and oxygen atoms in total. The molecule has 0 rings (SSSR count). The summed E-state index contributed by atoms with van der Waals surface area (Å²) in [6.45, 7) is 6.74. The fraction of sp³-hybridized carbons (Fsp3) is 0. The van der Waals surface area contributed by atoms with Crippen molar-refractivity contribution in [1.82, 2.24) is 0 Å². The van der Waals surface area contributed by atoms with Crippen LogP contribution in [0.3, 0.4) is 0 Å². The number of rotatable bonds is 3. The number of carbonyl (C=O) groups is 1. The van der Waals surface area contributed by atoms with Crippen molar-refractivity contribution in [2.75, 3.05) is 0 Å². The number of halogens is 1. The summed E-state index contributed by atoms with van der Waals surface area (Å²) in [5.41, 5.74) is 5.66. The van der Waals surface area contributed by atoms with E-state index in [-0.39, 0.29) is 11.3 Å². The second-order valence-corrected chi connectivity index (χ2v) is 1.95. The Balaban J connectivity index is 4.36. The third-order valence-electron chi connectivity index (χ3n) is 0.883. The molecule has 0 aliphatic carbocycles. The quantitative estimate of drug-likeness (QED) is 0.382. The molecule has 3 heteroatoms. The zero-order chi connectivity index (χ0) is 8.15. The number of nitrogens with two attached hydrogens (primary N) is 1. The van der Waals surface area contributed by atoms with Crippen LogP contribution in [-0.2, 0) is 4.79 Å². The highest BCUT2D eigenvalue weighted by atomic mass is 35.5. The maximum Gasteiger partial charge on any atom is 0.253 e. The predicted octanol–water partition coefficient (Wildman–Crippen LogP) is 1.34. The molecule has 10 heavy (non-hydrogen) atoms. The average Bonchev–Trinajstić information content (AvgIpc) is 1.87. The number of allylic oxidation sites excluding steroid dienone is 3. The van der Waals surface area contributed by atoms with Gasteiger partial charge in [-0.05, 0) is 17.7 Å². The van der Waals surface area contributed by atoms with Gasteiger partial charge in [-0.3, -0.25) is 4.79 Å². The highest BCUT2D eigenvalue weighted by molar-refractivity contribution is 6.68. The van der Waals surface area contributed by atoms with Gasteiger partial charge in [0.25, 0.3) is 5.24 Å². The molecule has 0 unspecified atom stereocenters. The van der Waals surface area contributed by atoms with Gasteiger partial charge in [-0.2, -0.15) is 0 Å². The third kappa shape index (κ3) is 2.51. The van der Waals surface area contributed by atoms with Crippen molar-refractivity contribution >= 4 is 16.8 Å². The first-order valence-electron chi connectivity index (χ1n) is 2.57. The normalized spacial score (nSPS) is 10.7. The molecule has 0 aromatic carbocycles. The van der Waals surface area contributed by atoms with Gasteiger partial charge in [0.15, 0.2) is 0 Å². The van der Waals surface area contributed by atoms with Crippen LogP contribution in [0, 0.1) is 0 Å². The van der Waals surface area contributed by atoms with Crippen LogP contribution >= 0.6 is 11.6 Å². The van der Waals surface area contributed by atoms with Gasteiger partial charge < -0.3 is 5.73 Å². The maximum absolute atomic E-state index is 10.4. The summed E-state index contributed by atoms with van der Waals surface area (Å²) in [6, 6.07) is 0. The van der Waals surface area contributed by atoms with E-state index >= 15 is 0 Å². The first-order chi connectivity index (χ1) is 4.59. The molecular weight excluding hydrogens is 150 g/mol. The van der Waals surface area contributed by atoms with Gasteiger partial charge >= 0.3 is 0 Å². The van der Waals surface area contributed by atoms with Gasteiger partial charge in [-0.25, -0.2) is 0 Å². The van der Waals surface area contributed by atoms with E-state index in [1.165, 1.54) is 12.2 Å². The van der Waals surface area contributed by atoms with Gasteiger partial charge in [0.1, 0.15) is 0 Å². The highest BCUT2D eigenvalue weighted by Crippen LogP contribution is 2.04. The Morgan fingerprint density at radius 3 is 2.40 bits per heavy atom. The molecule has 0 aromatic rings. The zero-order valence-corrected chi connectivity index (χ0v) is 6.19. The summed E-state index contributed by atoms with van der Waals surface area (Å²) < 4.78 is 0. The lowest BCUT2D eigenvalue weighted by atomic mass is 10.2. The van der Waals surface area contributed by atoms with Gasteiger partial charge in [-0.15, -0.1) is 0 Å². The van der Waals surface area contributed by atoms with Crippen molar-refractivity contribution in [2.45, 2.75) is 0 Å². The van der Waals surface area contributed by atoms with Crippen LogP contribution < -0.4 is 5.73 Å². The Morgan fingerprint density at radius 1 is 1.60 bits per heavy atom. The molecule has 0 fully saturated rings. The number of hydrogen-bond donors (Lipinski definition) is 1. The van der Waals surface area contributed by atoms with Crippen molar-refractivity contribution in [3.05, 3.63) is 36.6 Å². The molecule has 0 radical (unpaired) electrons. The van der Waals surface area contributed by atoms with E-state index < -0.39 is 5.24 Å². The van der Waals surface area contributed by atoms with E-state index in [1.807, 2.05) is 0 Å². The summed E-state index contributed by atoms with van der Waals surface area (Å²) in [4.78, 5) is 10.4. The highest BCUT2D eigenvalue weighted by Gasteiger charge is 2.03. The molecule has 2 N–H and O–H groups in total. The molecule has 0 bridgehead atoms. The topological polar surface area (TPSA) is 43.1 Å². The Kier molecular flexibility index (Phi) is 3.51. The molecule has 54 valence electrons. The molecule has 0 saturated heterocycles. The monoisotopic (exact) mass is 157 g/mol. The Bertz CT molecular complexity index is 206.